The van der Waals surface area contributed by atoms with Crippen LogP contribution in [0.15, 0.2) is 0 Å². The smallest absolute Gasteiger partial charge is 0.0572 e. The second kappa shape index (κ2) is 8.16. The maximum Gasteiger partial charge on any atom is 0.0572 e. The third kappa shape index (κ3) is 5.27. The maximum atomic E-state index is 10.4. The molecule has 0 amide bonds. The highest BCUT2D eigenvalue weighted by molar-refractivity contribution is 4.79. The Kier molecular flexibility index (Phi) is 7.25. The number of rotatable bonds is 7. The van der Waals surface area contributed by atoms with E-state index in [-0.39, 0.29) is 18.1 Å². The largest absolute Gasteiger partial charge is 0.393 e. The second-order valence-corrected chi connectivity index (χ2v) is 6.47. The average molecular weight is 256 g/mol. The predicted octanol–water partition coefficient (Wildman–Crippen LogP) is 3.75. The van der Waals surface area contributed by atoms with Crippen molar-refractivity contribution >= 4 is 0 Å². The maximum absolute atomic E-state index is 10.4. The summed E-state index contributed by atoms with van der Waals surface area (Å²) in [7, 11) is 0. The van der Waals surface area contributed by atoms with Crippen LogP contribution in [-0.4, -0.2) is 22.4 Å². The fraction of sp³-hybridized carbons (Fsp3) is 1.00. The van der Waals surface area contributed by atoms with Crippen LogP contribution < -0.4 is 0 Å². The molecule has 0 radical (unpaired) electrons. The van der Waals surface area contributed by atoms with Gasteiger partial charge in [-0.05, 0) is 50.4 Å². The lowest BCUT2D eigenvalue weighted by atomic mass is 9.77. The molecule has 18 heavy (non-hydrogen) atoms. The number of hydrogen-bond donors (Lipinski definition) is 2. The summed E-state index contributed by atoms with van der Waals surface area (Å²) in [6, 6.07) is 0. The van der Waals surface area contributed by atoms with Gasteiger partial charge in [0.15, 0.2) is 0 Å². The number of aliphatic hydroxyl groups excluding tert-OH is 2. The van der Waals surface area contributed by atoms with Gasteiger partial charge >= 0.3 is 0 Å². The van der Waals surface area contributed by atoms with Gasteiger partial charge in [-0.2, -0.15) is 0 Å². The van der Waals surface area contributed by atoms with Crippen LogP contribution in [0.5, 0.6) is 0 Å². The van der Waals surface area contributed by atoms with Gasteiger partial charge in [0.25, 0.3) is 0 Å². The molecular weight excluding hydrogens is 224 g/mol. The molecule has 1 saturated carbocycles. The van der Waals surface area contributed by atoms with E-state index in [4.69, 9.17) is 0 Å². The van der Waals surface area contributed by atoms with Crippen molar-refractivity contribution in [2.75, 3.05) is 0 Å². The van der Waals surface area contributed by atoms with E-state index >= 15 is 0 Å². The van der Waals surface area contributed by atoms with Crippen molar-refractivity contribution in [2.24, 2.45) is 17.8 Å². The normalized spacial score (nSPS) is 29.8. The molecule has 108 valence electrons. The molecule has 1 fully saturated rings. The summed E-state index contributed by atoms with van der Waals surface area (Å²) < 4.78 is 0. The van der Waals surface area contributed by atoms with Gasteiger partial charge in [0.05, 0.1) is 12.2 Å². The highest BCUT2D eigenvalue weighted by Crippen LogP contribution is 2.33. The molecule has 0 spiro atoms. The molecule has 3 atom stereocenters. The third-order valence-corrected chi connectivity index (χ3v) is 4.76. The SMILES string of the molecule is CCCC[C@@H](CC(O)C1CCC(C)CC1)C(C)O. The molecule has 2 nitrogen and oxygen atoms in total. The summed E-state index contributed by atoms with van der Waals surface area (Å²) in [5.74, 6) is 1.59. The molecule has 0 saturated heterocycles. The molecule has 2 unspecified atom stereocenters. The van der Waals surface area contributed by atoms with Crippen molar-refractivity contribution in [2.45, 2.75) is 84.3 Å². The van der Waals surface area contributed by atoms with Gasteiger partial charge in [-0.25, -0.2) is 0 Å². The molecule has 1 aliphatic carbocycles. The van der Waals surface area contributed by atoms with Gasteiger partial charge < -0.3 is 10.2 Å². The van der Waals surface area contributed by atoms with Crippen LogP contribution in [0.4, 0.5) is 0 Å². The first-order valence-corrected chi connectivity index (χ1v) is 7.90. The molecule has 0 aromatic heterocycles. The molecule has 0 aromatic carbocycles. The Hall–Kier alpha value is -0.0800. The predicted molar refractivity (Wildman–Crippen MR) is 76.4 cm³/mol. The lowest BCUT2D eigenvalue weighted by molar-refractivity contribution is 0.0231. The summed E-state index contributed by atoms with van der Waals surface area (Å²) in [6.07, 6.45) is 8.54. The van der Waals surface area contributed by atoms with E-state index in [2.05, 4.69) is 13.8 Å². The van der Waals surface area contributed by atoms with E-state index in [0.717, 1.165) is 25.2 Å². The first-order valence-electron chi connectivity index (χ1n) is 7.90. The van der Waals surface area contributed by atoms with E-state index < -0.39 is 0 Å². The van der Waals surface area contributed by atoms with Crippen molar-refractivity contribution in [3.8, 4) is 0 Å². The Labute approximate surface area is 113 Å². The van der Waals surface area contributed by atoms with Crippen LogP contribution in [0.2, 0.25) is 0 Å². The fourth-order valence-electron chi connectivity index (χ4n) is 3.20. The molecule has 2 heteroatoms. The summed E-state index contributed by atoms with van der Waals surface area (Å²) in [5.41, 5.74) is 0. The van der Waals surface area contributed by atoms with Crippen LogP contribution in [0.25, 0.3) is 0 Å². The number of unbranched alkanes of at least 4 members (excludes halogenated alkanes) is 1. The molecule has 2 N–H and O–H groups in total. The number of hydrogen-bond acceptors (Lipinski definition) is 2. The van der Waals surface area contributed by atoms with Crippen molar-refractivity contribution in [1.29, 1.82) is 0 Å². The van der Waals surface area contributed by atoms with Gasteiger partial charge in [0, 0.05) is 0 Å². The monoisotopic (exact) mass is 256 g/mol. The first-order chi connectivity index (χ1) is 8.54. The zero-order valence-corrected chi connectivity index (χ0v) is 12.4. The Morgan fingerprint density at radius 3 is 2.22 bits per heavy atom. The van der Waals surface area contributed by atoms with Crippen LogP contribution in [0.3, 0.4) is 0 Å². The van der Waals surface area contributed by atoms with Gasteiger partial charge in [-0.1, -0.05) is 39.5 Å². The Morgan fingerprint density at radius 1 is 1.11 bits per heavy atom. The molecule has 1 aliphatic rings. The summed E-state index contributed by atoms with van der Waals surface area (Å²) in [6.45, 7) is 6.36. The van der Waals surface area contributed by atoms with Crippen molar-refractivity contribution < 1.29 is 10.2 Å². The summed E-state index contributed by atoms with van der Waals surface area (Å²) in [4.78, 5) is 0. The molecule has 0 heterocycles. The molecular formula is C16H32O2. The first kappa shape index (κ1) is 16.0. The zero-order chi connectivity index (χ0) is 13.5. The minimum absolute atomic E-state index is 0.200. The van der Waals surface area contributed by atoms with Crippen molar-refractivity contribution in [3.63, 3.8) is 0 Å². The minimum atomic E-state index is -0.284. The van der Waals surface area contributed by atoms with Gasteiger partial charge in [-0.15, -0.1) is 0 Å². The lowest BCUT2D eigenvalue weighted by Gasteiger charge is -2.32. The van der Waals surface area contributed by atoms with Crippen LogP contribution in [0, 0.1) is 17.8 Å². The van der Waals surface area contributed by atoms with Gasteiger partial charge in [0.1, 0.15) is 0 Å². The zero-order valence-electron chi connectivity index (χ0n) is 12.4. The quantitative estimate of drug-likeness (QED) is 0.728. The highest BCUT2D eigenvalue weighted by Gasteiger charge is 2.27. The van der Waals surface area contributed by atoms with E-state index in [1.807, 2.05) is 6.92 Å². The van der Waals surface area contributed by atoms with E-state index in [1.165, 1.54) is 32.1 Å². The molecule has 0 aromatic rings. The van der Waals surface area contributed by atoms with E-state index in [0.29, 0.717) is 5.92 Å². The summed E-state index contributed by atoms with van der Waals surface area (Å²) in [5, 5.41) is 20.2. The van der Waals surface area contributed by atoms with Gasteiger partial charge in [0.2, 0.25) is 0 Å². The topological polar surface area (TPSA) is 40.5 Å². The lowest BCUT2D eigenvalue weighted by Crippen LogP contribution is -2.30. The highest BCUT2D eigenvalue weighted by atomic mass is 16.3. The number of aliphatic hydroxyl groups is 2. The second-order valence-electron chi connectivity index (χ2n) is 6.47. The van der Waals surface area contributed by atoms with Crippen molar-refractivity contribution in [1.82, 2.24) is 0 Å². The third-order valence-electron chi connectivity index (χ3n) is 4.76. The van der Waals surface area contributed by atoms with Crippen LogP contribution in [-0.2, 0) is 0 Å². The Morgan fingerprint density at radius 2 is 1.72 bits per heavy atom. The van der Waals surface area contributed by atoms with Crippen molar-refractivity contribution in [3.05, 3.63) is 0 Å². The van der Waals surface area contributed by atoms with Gasteiger partial charge in [-0.3, -0.25) is 0 Å². The van der Waals surface area contributed by atoms with E-state index in [1.54, 1.807) is 0 Å². The van der Waals surface area contributed by atoms with Crippen LogP contribution >= 0.6 is 0 Å². The molecule has 0 bridgehead atoms. The minimum Gasteiger partial charge on any atom is -0.393 e. The standard InChI is InChI=1S/C16H32O2/c1-4-5-6-15(13(3)17)11-16(18)14-9-7-12(2)8-10-14/h12-18H,4-11H2,1-3H3/t12?,13?,14?,15-,16?/m0/s1. The van der Waals surface area contributed by atoms with Crippen LogP contribution in [0.1, 0.15) is 72.1 Å². The Bertz CT molecular complexity index is 207. The fourth-order valence-corrected chi connectivity index (χ4v) is 3.20. The average Bonchev–Trinajstić information content (AvgIpc) is 2.34. The molecule has 1 rings (SSSR count). The van der Waals surface area contributed by atoms with E-state index in [9.17, 15) is 10.2 Å². The molecule has 0 aliphatic heterocycles. The Balaban J connectivity index is 2.37. The summed E-state index contributed by atoms with van der Waals surface area (Å²) >= 11 is 0.